The third-order valence-electron chi connectivity index (χ3n) is 4.14. The molecule has 0 aromatic heterocycles. The van der Waals surface area contributed by atoms with Gasteiger partial charge < -0.3 is 11.1 Å². The van der Waals surface area contributed by atoms with Crippen LogP contribution in [0.5, 0.6) is 0 Å². The Bertz CT molecular complexity index is 501. The number of halogens is 1. The molecule has 4 heteroatoms. The average Bonchev–Trinajstić information content (AvgIpc) is 2.40. The van der Waals surface area contributed by atoms with Gasteiger partial charge in [-0.15, -0.1) is 0 Å². The molecule has 0 spiro atoms. The zero-order valence-corrected chi connectivity index (χ0v) is 13.6. The van der Waals surface area contributed by atoms with Crippen LogP contribution in [0, 0.1) is 5.92 Å². The fraction of sp³-hybridized carbons (Fsp3) is 0.588. The molecule has 1 aliphatic rings. The fourth-order valence-electron chi connectivity index (χ4n) is 3.06. The summed E-state index contributed by atoms with van der Waals surface area (Å²) < 4.78 is 0. The van der Waals surface area contributed by atoms with Crippen molar-refractivity contribution in [3.05, 3.63) is 34.9 Å². The first-order valence-corrected chi connectivity index (χ1v) is 8.06. The van der Waals surface area contributed by atoms with Crippen LogP contribution in [0.2, 0.25) is 5.02 Å². The summed E-state index contributed by atoms with van der Waals surface area (Å²) in [4.78, 5) is 12.4. The maximum atomic E-state index is 12.4. The summed E-state index contributed by atoms with van der Waals surface area (Å²) >= 11 is 6.21. The lowest BCUT2D eigenvalue weighted by Gasteiger charge is -2.32. The summed E-state index contributed by atoms with van der Waals surface area (Å²) in [5.74, 6) is 0.182. The summed E-state index contributed by atoms with van der Waals surface area (Å²) in [6.45, 7) is 4.08. The van der Waals surface area contributed by atoms with Crippen LogP contribution < -0.4 is 11.1 Å². The van der Waals surface area contributed by atoms with Crippen molar-refractivity contribution in [2.45, 2.75) is 57.5 Å². The number of benzene rings is 1. The number of nitrogens with two attached hydrogens (primary N) is 1. The molecule has 0 radical (unpaired) electrons. The molecule has 0 saturated heterocycles. The highest BCUT2D eigenvalue weighted by Crippen LogP contribution is 2.25. The van der Waals surface area contributed by atoms with E-state index in [2.05, 4.69) is 5.32 Å². The van der Waals surface area contributed by atoms with Crippen molar-refractivity contribution in [3.63, 3.8) is 0 Å². The molecule has 1 amide bonds. The van der Waals surface area contributed by atoms with E-state index in [-0.39, 0.29) is 23.4 Å². The van der Waals surface area contributed by atoms with Gasteiger partial charge in [-0.1, -0.05) is 36.2 Å². The van der Waals surface area contributed by atoms with Gasteiger partial charge in [-0.25, -0.2) is 0 Å². The largest absolute Gasteiger partial charge is 0.351 e. The van der Waals surface area contributed by atoms with Gasteiger partial charge in [0.25, 0.3) is 0 Å². The van der Waals surface area contributed by atoms with Crippen molar-refractivity contribution >= 4 is 17.5 Å². The maximum Gasteiger partial charge on any atom is 0.223 e. The fourth-order valence-corrected chi connectivity index (χ4v) is 3.27. The molecule has 1 aromatic carbocycles. The zero-order chi connectivity index (χ0) is 15.5. The third-order valence-corrected chi connectivity index (χ3v) is 4.51. The van der Waals surface area contributed by atoms with E-state index in [1.54, 1.807) is 0 Å². The van der Waals surface area contributed by atoms with E-state index >= 15 is 0 Å². The molecule has 1 fully saturated rings. The standard InChI is InChI=1S/C17H25ClN2O/c1-17(2,11-13-6-3-4-9-15(13)18)20-16(21)12-7-5-8-14(19)10-12/h3-4,6,9,12,14H,5,7-8,10-11,19H2,1-2H3,(H,20,21). The molecule has 3 N–H and O–H groups in total. The van der Waals surface area contributed by atoms with Crippen LogP contribution in [0.15, 0.2) is 24.3 Å². The number of carbonyl (C=O) groups is 1. The van der Waals surface area contributed by atoms with Crippen molar-refractivity contribution in [1.29, 1.82) is 0 Å². The highest BCUT2D eigenvalue weighted by atomic mass is 35.5. The van der Waals surface area contributed by atoms with Gasteiger partial charge in [0, 0.05) is 22.5 Å². The molecule has 0 aliphatic heterocycles. The number of amides is 1. The number of hydrogen-bond acceptors (Lipinski definition) is 2. The second-order valence-electron chi connectivity index (χ2n) is 6.76. The zero-order valence-electron chi connectivity index (χ0n) is 12.9. The lowest BCUT2D eigenvalue weighted by molar-refractivity contribution is -0.127. The van der Waals surface area contributed by atoms with Gasteiger partial charge >= 0.3 is 0 Å². The molecule has 1 aliphatic carbocycles. The Morgan fingerprint density at radius 1 is 1.38 bits per heavy atom. The van der Waals surface area contributed by atoms with E-state index in [0.29, 0.717) is 0 Å². The molecule has 0 heterocycles. The van der Waals surface area contributed by atoms with E-state index in [9.17, 15) is 4.79 Å². The van der Waals surface area contributed by atoms with Crippen LogP contribution >= 0.6 is 11.6 Å². The van der Waals surface area contributed by atoms with Crippen LogP contribution in [0.25, 0.3) is 0 Å². The van der Waals surface area contributed by atoms with Gasteiger partial charge in [-0.2, -0.15) is 0 Å². The predicted octanol–water partition coefficient (Wildman–Crippen LogP) is 3.29. The van der Waals surface area contributed by atoms with Crippen LogP contribution in [0.3, 0.4) is 0 Å². The number of nitrogens with one attached hydrogen (secondary N) is 1. The Hall–Kier alpha value is -1.06. The van der Waals surface area contributed by atoms with Crippen molar-refractivity contribution in [1.82, 2.24) is 5.32 Å². The second-order valence-corrected chi connectivity index (χ2v) is 7.17. The topological polar surface area (TPSA) is 55.1 Å². The highest BCUT2D eigenvalue weighted by molar-refractivity contribution is 6.31. The summed E-state index contributed by atoms with van der Waals surface area (Å²) in [6, 6.07) is 7.95. The maximum absolute atomic E-state index is 12.4. The SMILES string of the molecule is CC(C)(Cc1ccccc1Cl)NC(=O)C1CCCC(N)C1. The summed E-state index contributed by atoms with van der Waals surface area (Å²) in [5.41, 5.74) is 6.72. The first-order valence-electron chi connectivity index (χ1n) is 7.68. The Kier molecular flexibility index (Phi) is 5.28. The Balaban J connectivity index is 1.97. The van der Waals surface area contributed by atoms with Gasteiger partial charge in [0.05, 0.1) is 0 Å². The molecule has 21 heavy (non-hydrogen) atoms. The molecule has 1 aromatic rings. The molecule has 1 saturated carbocycles. The minimum atomic E-state index is -0.316. The molecule has 2 rings (SSSR count). The van der Waals surface area contributed by atoms with Gasteiger partial charge in [0.2, 0.25) is 5.91 Å². The van der Waals surface area contributed by atoms with Gasteiger partial charge in [0.15, 0.2) is 0 Å². The predicted molar refractivity (Wildman–Crippen MR) is 87.3 cm³/mol. The molecule has 0 bridgehead atoms. The van der Waals surface area contributed by atoms with Gasteiger partial charge in [0.1, 0.15) is 0 Å². The van der Waals surface area contributed by atoms with E-state index in [0.717, 1.165) is 42.7 Å². The minimum Gasteiger partial charge on any atom is -0.351 e. The van der Waals surface area contributed by atoms with Crippen LogP contribution in [-0.2, 0) is 11.2 Å². The van der Waals surface area contributed by atoms with Gasteiger partial charge in [-0.3, -0.25) is 4.79 Å². The van der Waals surface area contributed by atoms with Crippen LogP contribution in [0.4, 0.5) is 0 Å². The average molecular weight is 309 g/mol. The summed E-state index contributed by atoms with van der Waals surface area (Å²) in [5, 5.41) is 3.92. The third kappa shape index (κ3) is 4.72. The summed E-state index contributed by atoms with van der Waals surface area (Å²) in [6.07, 6.45) is 4.55. The number of rotatable bonds is 4. The molecular formula is C17H25ClN2O. The normalized spacial score (nSPS) is 22.9. The van der Waals surface area contributed by atoms with E-state index in [1.807, 2.05) is 38.1 Å². The Morgan fingerprint density at radius 3 is 2.76 bits per heavy atom. The van der Waals surface area contributed by atoms with Gasteiger partial charge in [-0.05, 0) is 51.2 Å². The van der Waals surface area contributed by atoms with Crippen molar-refractivity contribution < 1.29 is 4.79 Å². The smallest absolute Gasteiger partial charge is 0.223 e. The second kappa shape index (κ2) is 6.80. The minimum absolute atomic E-state index is 0.0549. The lowest BCUT2D eigenvalue weighted by Crippen LogP contribution is -2.49. The highest BCUT2D eigenvalue weighted by Gasteiger charge is 2.29. The molecule has 2 atom stereocenters. The molecular weight excluding hydrogens is 284 g/mol. The lowest BCUT2D eigenvalue weighted by atomic mass is 9.84. The van der Waals surface area contributed by atoms with Crippen molar-refractivity contribution in [3.8, 4) is 0 Å². The number of carbonyl (C=O) groups excluding carboxylic acids is 1. The van der Waals surface area contributed by atoms with E-state index in [1.165, 1.54) is 0 Å². The Labute approximate surface area is 132 Å². The molecule has 3 nitrogen and oxygen atoms in total. The van der Waals surface area contributed by atoms with E-state index < -0.39 is 0 Å². The van der Waals surface area contributed by atoms with Crippen molar-refractivity contribution in [2.75, 3.05) is 0 Å². The van der Waals surface area contributed by atoms with Crippen LogP contribution in [-0.4, -0.2) is 17.5 Å². The molecule has 2 unspecified atom stereocenters. The molecule has 116 valence electrons. The van der Waals surface area contributed by atoms with E-state index in [4.69, 9.17) is 17.3 Å². The monoisotopic (exact) mass is 308 g/mol. The Morgan fingerprint density at radius 2 is 2.10 bits per heavy atom. The van der Waals surface area contributed by atoms with Crippen molar-refractivity contribution in [2.24, 2.45) is 11.7 Å². The first-order chi connectivity index (χ1) is 9.87. The first kappa shape index (κ1) is 16.3. The summed E-state index contributed by atoms with van der Waals surface area (Å²) in [7, 11) is 0. The van der Waals surface area contributed by atoms with Crippen LogP contribution in [0.1, 0.15) is 45.1 Å². The number of hydrogen-bond donors (Lipinski definition) is 2. The quantitative estimate of drug-likeness (QED) is 0.896.